The van der Waals surface area contributed by atoms with Crippen LogP contribution in [0.15, 0.2) is 0 Å². The monoisotopic (exact) mass is 260 g/mol. The Morgan fingerprint density at radius 3 is 2.44 bits per heavy atom. The summed E-state index contributed by atoms with van der Waals surface area (Å²) in [5.41, 5.74) is 5.26. The Balaban J connectivity index is 0. The lowest BCUT2D eigenvalue weighted by atomic mass is 10.4. The molecule has 2 nitrogen and oxygen atoms in total. The zero-order chi connectivity index (χ0) is 6.24. The summed E-state index contributed by atoms with van der Waals surface area (Å²) in [7, 11) is 0. The van der Waals surface area contributed by atoms with Crippen LogP contribution in [0.25, 0.3) is 0 Å². The number of hydrogen-bond donors (Lipinski definition) is 2. The molecule has 0 amide bonds. The molecule has 3 N–H and O–H groups in total. The van der Waals surface area contributed by atoms with Gasteiger partial charge in [0.2, 0.25) is 0 Å². The number of rotatable bonds is 5. The Morgan fingerprint density at radius 2 is 2.00 bits per heavy atom. The van der Waals surface area contributed by atoms with Crippen molar-refractivity contribution in [3.63, 3.8) is 0 Å². The fourth-order valence-corrected chi connectivity index (χ4v) is 0.699. The van der Waals surface area contributed by atoms with E-state index in [1.165, 1.54) is 0 Å². The average Bonchev–Trinajstić information content (AvgIpc) is 1.81. The number of halogens is 2. The third-order valence-electron chi connectivity index (χ3n) is 0.829. The van der Waals surface area contributed by atoms with E-state index in [-0.39, 0.29) is 17.0 Å². The van der Waals surface area contributed by atoms with Crippen molar-refractivity contribution in [3.05, 3.63) is 0 Å². The van der Waals surface area contributed by atoms with Crippen LogP contribution in [0, 0.1) is 0 Å². The molecule has 0 aliphatic carbocycles. The largest absolute Gasteiger partial charge is 0.330 e. The van der Waals surface area contributed by atoms with Crippen molar-refractivity contribution in [1.82, 2.24) is 5.32 Å². The molecule has 0 heterocycles. The van der Waals surface area contributed by atoms with Crippen LogP contribution in [0.2, 0.25) is 0 Å². The van der Waals surface area contributed by atoms with Crippen LogP contribution < -0.4 is 11.1 Å². The third kappa shape index (κ3) is 12.2. The van der Waals surface area contributed by atoms with Gasteiger partial charge in [0.1, 0.15) is 0 Å². The van der Waals surface area contributed by atoms with Gasteiger partial charge in [0.15, 0.2) is 0 Å². The van der Waals surface area contributed by atoms with E-state index in [2.05, 4.69) is 21.2 Å². The Kier molecular flexibility index (Phi) is 16.2. The Hall–Kier alpha value is 0.880. The number of hydrogen-bond acceptors (Lipinski definition) is 2. The molecule has 0 saturated heterocycles. The van der Waals surface area contributed by atoms with Crippen molar-refractivity contribution in [2.24, 2.45) is 5.73 Å². The van der Waals surface area contributed by atoms with Gasteiger partial charge in [-0.3, -0.25) is 0 Å². The molecule has 0 atom stereocenters. The van der Waals surface area contributed by atoms with E-state index in [1.807, 2.05) is 0 Å². The first-order valence-corrected chi connectivity index (χ1v) is 4.00. The summed E-state index contributed by atoms with van der Waals surface area (Å²) >= 11 is 3.31. The number of nitrogens with two attached hydrogens (primary N) is 1. The lowest BCUT2D eigenvalue weighted by molar-refractivity contribution is 0.684. The summed E-state index contributed by atoms with van der Waals surface area (Å²) in [6.45, 7) is 2.87. The minimum Gasteiger partial charge on any atom is -0.330 e. The molecule has 0 fully saturated rings. The van der Waals surface area contributed by atoms with Crippen molar-refractivity contribution in [2.75, 3.05) is 25.0 Å². The second kappa shape index (κ2) is 11.6. The standard InChI is InChI=1S/C5H13BrN2.BrH/c6-2-5-8-4-1-3-7;/h8H,1-5,7H2;1H. The highest BCUT2D eigenvalue weighted by atomic mass is 79.9. The highest BCUT2D eigenvalue weighted by Gasteiger charge is 1.81. The third-order valence-corrected chi connectivity index (χ3v) is 1.23. The van der Waals surface area contributed by atoms with Gasteiger partial charge in [0.05, 0.1) is 0 Å². The van der Waals surface area contributed by atoms with Gasteiger partial charge >= 0.3 is 0 Å². The second-order valence-corrected chi connectivity index (χ2v) is 2.37. The van der Waals surface area contributed by atoms with Gasteiger partial charge < -0.3 is 11.1 Å². The van der Waals surface area contributed by atoms with Crippen molar-refractivity contribution in [2.45, 2.75) is 6.42 Å². The average molecular weight is 262 g/mol. The Morgan fingerprint density at radius 1 is 1.33 bits per heavy atom. The number of nitrogens with one attached hydrogen (secondary N) is 1. The van der Waals surface area contributed by atoms with Crippen molar-refractivity contribution < 1.29 is 0 Å². The maximum Gasteiger partial charge on any atom is 0.0157 e. The molecule has 9 heavy (non-hydrogen) atoms. The first kappa shape index (κ1) is 12.5. The van der Waals surface area contributed by atoms with E-state index in [1.54, 1.807) is 0 Å². The minimum atomic E-state index is 0. The quantitative estimate of drug-likeness (QED) is 0.570. The predicted molar refractivity (Wildman–Crippen MR) is 50.7 cm³/mol. The van der Waals surface area contributed by atoms with E-state index in [9.17, 15) is 0 Å². The molecular formula is C5H14Br2N2. The molecule has 4 heteroatoms. The van der Waals surface area contributed by atoms with Crippen LogP contribution in [0.5, 0.6) is 0 Å². The zero-order valence-electron chi connectivity index (χ0n) is 5.40. The molecule has 0 saturated carbocycles. The van der Waals surface area contributed by atoms with Crippen LogP contribution >= 0.6 is 32.9 Å². The molecule has 58 valence electrons. The lowest BCUT2D eigenvalue weighted by Crippen LogP contribution is -2.19. The second-order valence-electron chi connectivity index (χ2n) is 1.58. The molecule has 0 rings (SSSR count). The van der Waals surface area contributed by atoms with Crippen molar-refractivity contribution >= 4 is 32.9 Å². The lowest BCUT2D eigenvalue weighted by Gasteiger charge is -1.97. The predicted octanol–water partition coefficient (Wildman–Crippen LogP) is 0.898. The molecule has 0 aromatic heterocycles. The smallest absolute Gasteiger partial charge is 0.0157 e. The van der Waals surface area contributed by atoms with Crippen LogP contribution in [-0.2, 0) is 0 Å². The highest BCUT2D eigenvalue weighted by molar-refractivity contribution is 9.09. The van der Waals surface area contributed by atoms with Crippen LogP contribution in [0.4, 0.5) is 0 Å². The normalized spacial score (nSPS) is 8.67. The van der Waals surface area contributed by atoms with Gasteiger partial charge in [0.25, 0.3) is 0 Å². The van der Waals surface area contributed by atoms with E-state index in [4.69, 9.17) is 5.73 Å². The van der Waals surface area contributed by atoms with Gasteiger partial charge in [-0.15, -0.1) is 17.0 Å². The topological polar surface area (TPSA) is 38.0 Å². The maximum absolute atomic E-state index is 5.26. The molecule has 0 bridgehead atoms. The van der Waals surface area contributed by atoms with Crippen molar-refractivity contribution in [3.8, 4) is 0 Å². The van der Waals surface area contributed by atoms with Crippen LogP contribution in [-0.4, -0.2) is 25.0 Å². The Bertz CT molecular complexity index is 37.9. The molecule has 0 aromatic carbocycles. The van der Waals surface area contributed by atoms with E-state index in [0.717, 1.165) is 31.4 Å². The molecule has 0 unspecified atom stereocenters. The van der Waals surface area contributed by atoms with E-state index in [0.29, 0.717) is 0 Å². The SMILES string of the molecule is Br.NCCCNCCBr. The van der Waals surface area contributed by atoms with Crippen molar-refractivity contribution in [1.29, 1.82) is 0 Å². The summed E-state index contributed by atoms with van der Waals surface area (Å²) in [5.74, 6) is 0. The molecular weight excluding hydrogens is 248 g/mol. The van der Waals surface area contributed by atoms with Gasteiger partial charge in [-0.25, -0.2) is 0 Å². The summed E-state index contributed by atoms with van der Waals surface area (Å²) in [6, 6.07) is 0. The molecule has 0 spiro atoms. The first-order chi connectivity index (χ1) is 3.91. The summed E-state index contributed by atoms with van der Waals surface area (Å²) in [6.07, 6.45) is 1.08. The van der Waals surface area contributed by atoms with Crippen LogP contribution in [0.3, 0.4) is 0 Å². The summed E-state index contributed by atoms with van der Waals surface area (Å²) < 4.78 is 0. The molecule has 0 aliphatic rings. The van der Waals surface area contributed by atoms with Gasteiger partial charge in [-0.2, -0.15) is 0 Å². The summed E-state index contributed by atoms with van der Waals surface area (Å²) in [4.78, 5) is 0. The number of alkyl halides is 1. The molecule has 0 aromatic rings. The summed E-state index contributed by atoms with van der Waals surface area (Å²) in [5, 5.41) is 4.23. The molecule has 0 aliphatic heterocycles. The molecule has 0 radical (unpaired) electrons. The van der Waals surface area contributed by atoms with Gasteiger partial charge in [0, 0.05) is 11.9 Å². The fraction of sp³-hybridized carbons (Fsp3) is 1.00. The van der Waals surface area contributed by atoms with E-state index < -0.39 is 0 Å². The Labute approximate surface area is 75.5 Å². The fourth-order valence-electron chi connectivity index (χ4n) is 0.419. The highest BCUT2D eigenvalue weighted by Crippen LogP contribution is 1.75. The maximum atomic E-state index is 5.26. The van der Waals surface area contributed by atoms with Gasteiger partial charge in [-0.05, 0) is 19.5 Å². The zero-order valence-corrected chi connectivity index (χ0v) is 8.70. The van der Waals surface area contributed by atoms with Gasteiger partial charge in [-0.1, -0.05) is 15.9 Å². The van der Waals surface area contributed by atoms with E-state index >= 15 is 0 Å². The van der Waals surface area contributed by atoms with Crippen LogP contribution in [0.1, 0.15) is 6.42 Å². The first-order valence-electron chi connectivity index (χ1n) is 2.88. The minimum absolute atomic E-state index is 0.